The fourth-order valence-electron chi connectivity index (χ4n) is 2.29. The average Bonchev–Trinajstić information content (AvgIpc) is 2.77. The maximum absolute atomic E-state index is 13.4. The van der Waals surface area contributed by atoms with Crippen LogP contribution in [0.1, 0.15) is 23.7 Å². The Labute approximate surface area is 140 Å². The maximum atomic E-state index is 13.4. The number of hydrogen-bond acceptors (Lipinski definition) is 2. The van der Waals surface area contributed by atoms with E-state index in [-0.39, 0.29) is 29.1 Å². The topological polar surface area (TPSA) is 38.0 Å². The molecule has 0 fully saturated rings. The van der Waals surface area contributed by atoms with Gasteiger partial charge in [0.15, 0.2) is 0 Å². The minimum absolute atomic E-state index is 0.0547. The van der Waals surface area contributed by atoms with Crippen LogP contribution in [-0.2, 0) is 17.6 Å². The molecule has 0 aliphatic heterocycles. The minimum atomic E-state index is -4.61. The highest BCUT2D eigenvalue weighted by atomic mass is 79.9. The lowest BCUT2D eigenvalue weighted by Gasteiger charge is -2.15. The van der Waals surface area contributed by atoms with Crippen molar-refractivity contribution in [3.63, 3.8) is 0 Å². The first-order chi connectivity index (χ1) is 10.8. The van der Waals surface area contributed by atoms with Crippen LogP contribution in [0.4, 0.5) is 13.2 Å². The normalized spacial score (nSPS) is 11.5. The maximum Gasteiger partial charge on any atom is 0.432 e. The summed E-state index contributed by atoms with van der Waals surface area (Å²) in [6.07, 6.45) is -4.61. The highest BCUT2D eigenvalue weighted by Gasteiger charge is 2.40. The number of alkyl halides is 3. The van der Waals surface area contributed by atoms with Gasteiger partial charge in [0.05, 0.1) is 15.7 Å². The van der Waals surface area contributed by atoms with E-state index in [4.69, 9.17) is 4.74 Å². The number of aromatic nitrogens is 1. The molecule has 0 saturated heterocycles. The standard InChI is InChI=1S/C16H14BrF3N2O/c1-3-23-9-22-14(11-6-4-10(2)5-7-11)12(8-21)13(17)15(22)16(18,19)20/h4-7H,3,9H2,1-2H3. The quantitative estimate of drug-likeness (QED) is 0.731. The Balaban J connectivity index is 2.77. The number of rotatable bonds is 4. The number of benzene rings is 1. The van der Waals surface area contributed by atoms with E-state index in [0.717, 1.165) is 10.1 Å². The van der Waals surface area contributed by atoms with Crippen LogP contribution in [0.2, 0.25) is 0 Å². The Bertz CT molecular complexity index is 743. The number of halogens is 4. The molecule has 0 aliphatic carbocycles. The molecule has 1 aromatic heterocycles. The number of aryl methyl sites for hydroxylation is 1. The fraction of sp³-hybridized carbons (Fsp3) is 0.312. The summed E-state index contributed by atoms with van der Waals surface area (Å²) in [5.41, 5.74) is 0.729. The fourth-order valence-corrected chi connectivity index (χ4v) is 3.01. The van der Waals surface area contributed by atoms with Gasteiger partial charge in [0.1, 0.15) is 18.5 Å². The van der Waals surface area contributed by atoms with Crippen molar-refractivity contribution in [2.75, 3.05) is 6.61 Å². The molecular weight excluding hydrogens is 373 g/mol. The van der Waals surface area contributed by atoms with Crippen molar-refractivity contribution in [3.05, 3.63) is 45.6 Å². The lowest BCUT2D eigenvalue weighted by atomic mass is 10.1. The van der Waals surface area contributed by atoms with Crippen LogP contribution in [-0.4, -0.2) is 11.2 Å². The minimum Gasteiger partial charge on any atom is -0.361 e. The first-order valence-electron chi connectivity index (χ1n) is 6.85. The zero-order chi connectivity index (χ0) is 17.2. The van der Waals surface area contributed by atoms with Crippen molar-refractivity contribution in [2.45, 2.75) is 26.8 Å². The molecule has 0 unspecified atom stereocenters. The van der Waals surface area contributed by atoms with Gasteiger partial charge in [0, 0.05) is 6.61 Å². The van der Waals surface area contributed by atoms with Crippen molar-refractivity contribution in [1.29, 1.82) is 5.26 Å². The Morgan fingerprint density at radius 1 is 1.26 bits per heavy atom. The highest BCUT2D eigenvalue weighted by Crippen LogP contribution is 2.43. The number of ether oxygens (including phenoxy) is 1. The van der Waals surface area contributed by atoms with Gasteiger partial charge in [-0.05, 0) is 35.3 Å². The van der Waals surface area contributed by atoms with E-state index in [9.17, 15) is 18.4 Å². The van der Waals surface area contributed by atoms with Gasteiger partial charge in [-0.15, -0.1) is 0 Å². The third-order valence-electron chi connectivity index (χ3n) is 3.33. The summed E-state index contributed by atoms with van der Waals surface area (Å²) in [5, 5.41) is 9.34. The van der Waals surface area contributed by atoms with Crippen molar-refractivity contribution in [2.24, 2.45) is 0 Å². The number of nitriles is 1. The Morgan fingerprint density at radius 2 is 1.87 bits per heavy atom. The molecule has 1 heterocycles. The molecule has 23 heavy (non-hydrogen) atoms. The second-order valence-corrected chi connectivity index (χ2v) is 5.70. The summed E-state index contributed by atoms with van der Waals surface area (Å²) in [4.78, 5) is 0. The van der Waals surface area contributed by atoms with Crippen molar-refractivity contribution in [3.8, 4) is 17.3 Å². The second-order valence-electron chi connectivity index (χ2n) is 4.91. The van der Waals surface area contributed by atoms with Gasteiger partial charge in [-0.1, -0.05) is 29.8 Å². The van der Waals surface area contributed by atoms with Gasteiger partial charge in [-0.25, -0.2) is 0 Å². The molecule has 2 aromatic rings. The summed E-state index contributed by atoms with van der Waals surface area (Å²) in [7, 11) is 0. The Morgan fingerprint density at radius 3 is 2.35 bits per heavy atom. The summed E-state index contributed by atoms with van der Waals surface area (Å²) in [6, 6.07) is 8.83. The van der Waals surface area contributed by atoms with E-state index in [1.807, 2.05) is 13.0 Å². The van der Waals surface area contributed by atoms with Crippen molar-refractivity contribution in [1.82, 2.24) is 4.57 Å². The van der Waals surface area contributed by atoms with E-state index >= 15 is 0 Å². The Hall–Kier alpha value is -1.78. The van der Waals surface area contributed by atoms with Crippen LogP contribution >= 0.6 is 15.9 Å². The zero-order valence-electron chi connectivity index (χ0n) is 12.5. The van der Waals surface area contributed by atoms with Gasteiger partial charge in [-0.3, -0.25) is 0 Å². The molecule has 122 valence electrons. The summed E-state index contributed by atoms with van der Waals surface area (Å²) < 4.78 is 46.2. The summed E-state index contributed by atoms with van der Waals surface area (Å²) in [5.74, 6) is 0. The molecular formula is C16H14BrF3N2O. The third-order valence-corrected chi connectivity index (χ3v) is 4.11. The molecule has 0 radical (unpaired) electrons. The van der Waals surface area contributed by atoms with Gasteiger partial charge in [0.25, 0.3) is 0 Å². The largest absolute Gasteiger partial charge is 0.432 e. The molecule has 0 amide bonds. The molecule has 0 bridgehead atoms. The van der Waals surface area contributed by atoms with Crippen LogP contribution in [0.15, 0.2) is 28.7 Å². The van der Waals surface area contributed by atoms with Crippen LogP contribution < -0.4 is 0 Å². The molecule has 0 saturated carbocycles. The summed E-state index contributed by atoms with van der Waals surface area (Å²) >= 11 is 2.93. The van der Waals surface area contributed by atoms with Gasteiger partial charge in [0.2, 0.25) is 0 Å². The molecule has 7 heteroatoms. The first-order valence-corrected chi connectivity index (χ1v) is 7.64. The average molecular weight is 387 g/mol. The molecule has 0 N–H and O–H groups in total. The third kappa shape index (κ3) is 3.43. The predicted octanol–water partition coefficient (Wildman–Crippen LogP) is 5.11. The Kier molecular flexibility index (Phi) is 5.17. The second kappa shape index (κ2) is 6.77. The molecule has 1 aromatic carbocycles. The van der Waals surface area contributed by atoms with Crippen LogP contribution in [0.5, 0.6) is 0 Å². The lowest BCUT2D eigenvalue weighted by molar-refractivity contribution is -0.146. The molecule has 0 aliphatic rings. The van der Waals surface area contributed by atoms with Crippen LogP contribution in [0.3, 0.4) is 0 Å². The van der Waals surface area contributed by atoms with Crippen LogP contribution in [0, 0.1) is 18.3 Å². The van der Waals surface area contributed by atoms with Crippen molar-refractivity contribution >= 4 is 15.9 Å². The van der Waals surface area contributed by atoms with Gasteiger partial charge < -0.3 is 9.30 Å². The van der Waals surface area contributed by atoms with E-state index in [0.29, 0.717) is 5.56 Å². The van der Waals surface area contributed by atoms with Crippen LogP contribution in [0.25, 0.3) is 11.3 Å². The SMILES string of the molecule is CCOCn1c(-c2ccc(C)cc2)c(C#N)c(Br)c1C(F)(F)F. The predicted molar refractivity (Wildman–Crippen MR) is 83.6 cm³/mol. The van der Waals surface area contributed by atoms with E-state index < -0.39 is 11.9 Å². The monoisotopic (exact) mass is 386 g/mol. The molecule has 0 atom stereocenters. The molecule has 2 rings (SSSR count). The van der Waals surface area contributed by atoms with E-state index in [1.54, 1.807) is 31.2 Å². The zero-order valence-corrected chi connectivity index (χ0v) is 14.1. The van der Waals surface area contributed by atoms with E-state index in [2.05, 4.69) is 15.9 Å². The number of hydrogen-bond donors (Lipinski definition) is 0. The van der Waals surface area contributed by atoms with Gasteiger partial charge >= 0.3 is 6.18 Å². The van der Waals surface area contributed by atoms with E-state index in [1.165, 1.54) is 0 Å². The summed E-state index contributed by atoms with van der Waals surface area (Å²) in [6.45, 7) is 3.56. The molecule has 3 nitrogen and oxygen atoms in total. The lowest BCUT2D eigenvalue weighted by Crippen LogP contribution is -2.16. The number of nitrogens with zero attached hydrogens (tertiary/aromatic N) is 2. The van der Waals surface area contributed by atoms with Crippen molar-refractivity contribution < 1.29 is 17.9 Å². The smallest absolute Gasteiger partial charge is 0.361 e. The van der Waals surface area contributed by atoms with Gasteiger partial charge in [-0.2, -0.15) is 18.4 Å². The highest BCUT2D eigenvalue weighted by molar-refractivity contribution is 9.10. The molecule has 0 spiro atoms. The first kappa shape index (κ1) is 17.6.